The summed E-state index contributed by atoms with van der Waals surface area (Å²) in [5.41, 5.74) is 2.03. The Morgan fingerprint density at radius 1 is 0.867 bits per heavy atom. The molecule has 3 N–H and O–H groups in total. The monoisotopic (exact) mass is 665 g/mol. The zero-order valence-corrected chi connectivity index (χ0v) is 27.8. The second-order valence-electron chi connectivity index (χ2n) is 10.8. The van der Waals surface area contributed by atoms with Crippen molar-refractivity contribution in [1.29, 1.82) is 0 Å². The Bertz CT molecular complexity index is 1450. The fourth-order valence-electron chi connectivity index (χ4n) is 4.22. The lowest BCUT2D eigenvalue weighted by Crippen LogP contribution is -2.51. The quantitative estimate of drug-likeness (QED) is 0.202. The first-order valence-electron chi connectivity index (χ1n) is 14.5. The van der Waals surface area contributed by atoms with Gasteiger partial charge in [-0.25, -0.2) is 8.42 Å². The zero-order chi connectivity index (χ0) is 33.6. The van der Waals surface area contributed by atoms with Crippen LogP contribution in [0.5, 0.6) is 0 Å². The standard InChI is InChI=1S/C30H34F3N3O4S.C3H8S/c1-20(2)17-26(29(38)35-19-27(37)34-18-21-7-5-4-6-8-21)36-28(30(31,32)33)24-11-9-22(10-12-24)23-13-15-25(16-14-23)41(3,39)40;1-3-4-2/h4-16,20,26,28,36H,17-19H2,1-3H3,(H,34,37)(H,35,38);3H2,1-2H3/t26-,28-;/m0./s1. The van der Waals surface area contributed by atoms with E-state index in [1.54, 1.807) is 26.0 Å². The molecule has 2 amide bonds. The first kappa shape index (κ1) is 37.8. The van der Waals surface area contributed by atoms with Crippen LogP contribution >= 0.6 is 11.8 Å². The van der Waals surface area contributed by atoms with Crippen LogP contribution in [0.3, 0.4) is 0 Å². The van der Waals surface area contributed by atoms with Crippen LogP contribution in [0.1, 0.15) is 44.4 Å². The Labute approximate surface area is 268 Å². The Kier molecular flexibility index (Phi) is 15.1. The molecular formula is C33H42F3N3O4S2. The van der Waals surface area contributed by atoms with Crippen molar-refractivity contribution in [3.8, 4) is 11.1 Å². The average Bonchev–Trinajstić information content (AvgIpc) is 3.00. The Balaban J connectivity index is 0.00000166. The molecule has 0 fully saturated rings. The lowest BCUT2D eigenvalue weighted by atomic mass is 9.97. The highest BCUT2D eigenvalue weighted by atomic mass is 32.2. The fraction of sp³-hybridized carbons (Fsp3) is 0.394. The molecule has 12 heteroatoms. The van der Waals surface area contributed by atoms with Crippen molar-refractivity contribution in [1.82, 2.24) is 16.0 Å². The minimum Gasteiger partial charge on any atom is -0.350 e. The minimum atomic E-state index is -4.71. The molecule has 2 atom stereocenters. The number of hydrogen-bond donors (Lipinski definition) is 3. The van der Waals surface area contributed by atoms with E-state index in [0.717, 1.165) is 11.8 Å². The van der Waals surface area contributed by atoms with Gasteiger partial charge in [0.15, 0.2) is 9.84 Å². The third-order valence-electron chi connectivity index (χ3n) is 6.62. The van der Waals surface area contributed by atoms with Crippen molar-refractivity contribution in [3.05, 3.63) is 90.0 Å². The molecule has 0 saturated carbocycles. The van der Waals surface area contributed by atoms with E-state index in [0.29, 0.717) is 11.1 Å². The molecule has 3 aromatic carbocycles. The van der Waals surface area contributed by atoms with E-state index >= 15 is 0 Å². The summed E-state index contributed by atoms with van der Waals surface area (Å²) in [6, 6.07) is 17.6. The number of rotatable bonds is 13. The van der Waals surface area contributed by atoms with E-state index in [-0.39, 0.29) is 35.9 Å². The Hall–Kier alpha value is -3.35. The molecule has 0 aliphatic rings. The smallest absolute Gasteiger partial charge is 0.350 e. The predicted molar refractivity (Wildman–Crippen MR) is 176 cm³/mol. The van der Waals surface area contributed by atoms with Crippen LogP contribution in [0.25, 0.3) is 11.1 Å². The number of amides is 2. The summed E-state index contributed by atoms with van der Waals surface area (Å²) < 4.78 is 66.0. The molecular weight excluding hydrogens is 624 g/mol. The highest BCUT2D eigenvalue weighted by Gasteiger charge is 2.43. The van der Waals surface area contributed by atoms with Gasteiger partial charge in [-0.1, -0.05) is 87.5 Å². The summed E-state index contributed by atoms with van der Waals surface area (Å²) in [6.45, 7) is 5.62. The van der Waals surface area contributed by atoms with Gasteiger partial charge in [-0.05, 0) is 58.7 Å². The van der Waals surface area contributed by atoms with Crippen molar-refractivity contribution in [2.75, 3.05) is 24.8 Å². The molecule has 0 aromatic heterocycles. The summed E-state index contributed by atoms with van der Waals surface area (Å²) in [4.78, 5) is 25.3. The molecule has 0 aliphatic carbocycles. The summed E-state index contributed by atoms with van der Waals surface area (Å²) in [6.07, 6.45) is -1.40. The molecule has 3 aromatic rings. The van der Waals surface area contributed by atoms with Crippen LogP contribution in [0, 0.1) is 5.92 Å². The second-order valence-corrected chi connectivity index (χ2v) is 14.0. The van der Waals surface area contributed by atoms with E-state index in [4.69, 9.17) is 0 Å². The van der Waals surface area contributed by atoms with E-state index in [1.165, 1.54) is 42.2 Å². The second kappa shape index (κ2) is 18.0. The van der Waals surface area contributed by atoms with Crippen molar-refractivity contribution in [2.45, 2.75) is 56.9 Å². The number of thioether (sulfide) groups is 1. The van der Waals surface area contributed by atoms with Gasteiger partial charge in [-0.3, -0.25) is 14.9 Å². The summed E-state index contributed by atoms with van der Waals surface area (Å²) in [5.74, 6) is -0.0280. The molecule has 0 radical (unpaired) electrons. The maximum Gasteiger partial charge on any atom is 0.407 e. The van der Waals surface area contributed by atoms with Crippen LogP contribution in [0.2, 0.25) is 0 Å². The number of halogens is 3. The van der Waals surface area contributed by atoms with Crippen molar-refractivity contribution in [2.24, 2.45) is 5.92 Å². The van der Waals surface area contributed by atoms with Crippen molar-refractivity contribution >= 4 is 33.4 Å². The summed E-state index contributed by atoms with van der Waals surface area (Å²) in [5, 5.41) is 7.60. The molecule has 0 aliphatic heterocycles. The van der Waals surface area contributed by atoms with Gasteiger partial charge in [-0.2, -0.15) is 24.9 Å². The van der Waals surface area contributed by atoms with E-state index in [9.17, 15) is 31.2 Å². The van der Waals surface area contributed by atoms with E-state index < -0.39 is 39.9 Å². The largest absolute Gasteiger partial charge is 0.407 e. The van der Waals surface area contributed by atoms with Crippen molar-refractivity contribution in [3.63, 3.8) is 0 Å². The van der Waals surface area contributed by atoms with Crippen LogP contribution in [-0.4, -0.2) is 57.3 Å². The van der Waals surface area contributed by atoms with Gasteiger partial charge in [0.05, 0.1) is 17.5 Å². The minimum absolute atomic E-state index is 0.0869. The molecule has 0 saturated heterocycles. The maximum absolute atomic E-state index is 14.2. The number of hydrogen-bond acceptors (Lipinski definition) is 6. The normalized spacial score (nSPS) is 12.9. The van der Waals surface area contributed by atoms with Gasteiger partial charge >= 0.3 is 6.18 Å². The van der Waals surface area contributed by atoms with Gasteiger partial charge in [0.2, 0.25) is 11.8 Å². The van der Waals surface area contributed by atoms with Gasteiger partial charge < -0.3 is 10.6 Å². The summed E-state index contributed by atoms with van der Waals surface area (Å²) >= 11 is 1.86. The molecule has 3 rings (SSSR count). The first-order chi connectivity index (χ1) is 21.1. The SMILES string of the molecule is CC(C)C[C@H](N[C@@H](c1ccc(-c2ccc(S(C)(=O)=O)cc2)cc1)C(F)(F)F)C(=O)NCC(=O)NCc1ccccc1.CCSC. The maximum atomic E-state index is 14.2. The molecule has 0 unspecified atom stereocenters. The number of benzene rings is 3. The number of nitrogens with one attached hydrogen (secondary N) is 3. The molecule has 45 heavy (non-hydrogen) atoms. The van der Waals surface area contributed by atoms with Crippen LogP contribution in [0.4, 0.5) is 13.2 Å². The molecule has 246 valence electrons. The average molecular weight is 666 g/mol. The highest BCUT2D eigenvalue weighted by Crippen LogP contribution is 2.34. The Morgan fingerprint density at radius 3 is 1.87 bits per heavy atom. The van der Waals surface area contributed by atoms with Crippen LogP contribution in [0.15, 0.2) is 83.8 Å². The van der Waals surface area contributed by atoms with Crippen LogP contribution in [-0.2, 0) is 26.0 Å². The number of sulfone groups is 1. The zero-order valence-electron chi connectivity index (χ0n) is 26.1. The number of alkyl halides is 3. The number of carbonyl (C=O) groups is 2. The third kappa shape index (κ3) is 13.3. The van der Waals surface area contributed by atoms with Crippen LogP contribution < -0.4 is 16.0 Å². The lowest BCUT2D eigenvalue weighted by molar-refractivity contribution is -0.161. The van der Waals surface area contributed by atoms with Gasteiger partial charge in [0.1, 0.15) is 6.04 Å². The summed E-state index contributed by atoms with van der Waals surface area (Å²) in [7, 11) is -3.38. The van der Waals surface area contributed by atoms with Crippen molar-refractivity contribution < 1.29 is 31.2 Å². The number of carbonyl (C=O) groups excluding carboxylic acids is 2. The van der Waals surface area contributed by atoms with E-state index in [1.807, 2.05) is 42.1 Å². The molecule has 0 bridgehead atoms. The topological polar surface area (TPSA) is 104 Å². The van der Waals surface area contributed by atoms with Gasteiger partial charge in [0, 0.05) is 12.8 Å². The van der Waals surface area contributed by atoms with E-state index in [2.05, 4.69) is 29.1 Å². The molecule has 0 heterocycles. The predicted octanol–water partition coefficient (Wildman–Crippen LogP) is 6.17. The highest BCUT2D eigenvalue weighted by molar-refractivity contribution is 7.98. The lowest BCUT2D eigenvalue weighted by Gasteiger charge is -2.28. The van der Waals surface area contributed by atoms with Gasteiger partial charge in [0.25, 0.3) is 0 Å². The third-order valence-corrected chi connectivity index (χ3v) is 8.33. The van der Waals surface area contributed by atoms with Gasteiger partial charge in [-0.15, -0.1) is 0 Å². The Morgan fingerprint density at radius 2 is 1.40 bits per heavy atom. The molecule has 0 spiro atoms. The first-order valence-corrected chi connectivity index (χ1v) is 17.7. The molecule has 7 nitrogen and oxygen atoms in total. The fourth-order valence-corrected chi connectivity index (χ4v) is 4.85.